The fourth-order valence-electron chi connectivity index (χ4n) is 2.28. The van der Waals surface area contributed by atoms with Crippen molar-refractivity contribution in [3.8, 4) is 0 Å². The number of hydrogen-bond acceptors (Lipinski definition) is 3. The van der Waals surface area contributed by atoms with E-state index in [-0.39, 0.29) is 11.7 Å². The van der Waals surface area contributed by atoms with Crippen LogP contribution in [0.1, 0.15) is 38.3 Å². The van der Waals surface area contributed by atoms with Crippen LogP contribution in [-0.4, -0.2) is 18.2 Å². The van der Waals surface area contributed by atoms with Gasteiger partial charge in [0.2, 0.25) is 0 Å². The van der Waals surface area contributed by atoms with Crippen molar-refractivity contribution in [2.75, 3.05) is 6.54 Å². The third-order valence-corrected chi connectivity index (χ3v) is 3.31. The van der Waals surface area contributed by atoms with E-state index < -0.39 is 0 Å². The van der Waals surface area contributed by atoms with Crippen LogP contribution in [0.4, 0.5) is 0 Å². The lowest BCUT2D eigenvalue weighted by Gasteiger charge is -2.06. The largest absolute Gasteiger partial charge is 0.472 e. The molecule has 96 valence electrons. The molecule has 0 radical (unpaired) electrons. The summed E-state index contributed by atoms with van der Waals surface area (Å²) in [6.07, 6.45) is 4.65. The number of ketones is 1. The summed E-state index contributed by atoms with van der Waals surface area (Å²) >= 11 is 0. The molecule has 2 heterocycles. The van der Waals surface area contributed by atoms with E-state index in [1.54, 1.807) is 18.2 Å². The summed E-state index contributed by atoms with van der Waals surface area (Å²) in [6, 6.07) is 6.93. The Labute approximate surface area is 110 Å². The first kappa shape index (κ1) is 11.7. The Balaban J connectivity index is 2.01. The van der Waals surface area contributed by atoms with Gasteiger partial charge in [-0.3, -0.25) is 9.59 Å². The highest BCUT2D eigenvalue weighted by atomic mass is 16.3. The second-order valence-corrected chi connectivity index (χ2v) is 4.57. The lowest BCUT2D eigenvalue weighted by molar-refractivity contribution is 0.0956. The number of carbonyl (C=O) groups is 2. The van der Waals surface area contributed by atoms with E-state index in [2.05, 4.69) is 5.32 Å². The van der Waals surface area contributed by atoms with Crippen molar-refractivity contribution in [3.05, 3.63) is 59.0 Å². The van der Waals surface area contributed by atoms with Gasteiger partial charge in [0.1, 0.15) is 6.26 Å². The first-order valence-corrected chi connectivity index (χ1v) is 6.24. The third-order valence-electron chi connectivity index (χ3n) is 3.31. The van der Waals surface area contributed by atoms with E-state index in [4.69, 9.17) is 4.42 Å². The van der Waals surface area contributed by atoms with Gasteiger partial charge in [-0.15, -0.1) is 0 Å². The number of amides is 1. The Morgan fingerprint density at radius 2 is 2.11 bits per heavy atom. The molecule has 1 amide bonds. The fraction of sp³-hybridized carbons (Fsp3) is 0.200. The van der Waals surface area contributed by atoms with Gasteiger partial charge >= 0.3 is 0 Å². The molecule has 0 atom stereocenters. The minimum Gasteiger partial charge on any atom is -0.472 e. The lowest BCUT2D eigenvalue weighted by atomic mass is 9.97. The van der Waals surface area contributed by atoms with Crippen LogP contribution >= 0.6 is 0 Å². The van der Waals surface area contributed by atoms with Crippen LogP contribution in [0.15, 0.2) is 41.2 Å². The zero-order chi connectivity index (χ0) is 13.2. The zero-order valence-corrected chi connectivity index (χ0v) is 10.3. The van der Waals surface area contributed by atoms with Gasteiger partial charge in [-0.1, -0.05) is 12.1 Å². The molecule has 1 aliphatic heterocycles. The molecule has 0 fully saturated rings. The maximum absolute atomic E-state index is 12.2. The molecule has 3 rings (SSSR count). The van der Waals surface area contributed by atoms with Crippen LogP contribution in [0.5, 0.6) is 0 Å². The van der Waals surface area contributed by atoms with Crippen molar-refractivity contribution in [3.63, 3.8) is 0 Å². The van der Waals surface area contributed by atoms with Gasteiger partial charge in [0, 0.05) is 17.7 Å². The van der Waals surface area contributed by atoms with E-state index >= 15 is 0 Å². The number of hydrogen-bond donors (Lipinski definition) is 1. The highest BCUT2D eigenvalue weighted by Gasteiger charge is 2.18. The zero-order valence-electron chi connectivity index (χ0n) is 10.3. The van der Waals surface area contributed by atoms with Gasteiger partial charge in [0.15, 0.2) is 5.78 Å². The van der Waals surface area contributed by atoms with Crippen molar-refractivity contribution in [2.24, 2.45) is 0 Å². The second kappa shape index (κ2) is 4.72. The van der Waals surface area contributed by atoms with Crippen LogP contribution in [0.3, 0.4) is 0 Å². The van der Waals surface area contributed by atoms with Gasteiger partial charge in [-0.25, -0.2) is 0 Å². The summed E-state index contributed by atoms with van der Waals surface area (Å²) in [7, 11) is 0. The van der Waals surface area contributed by atoms with Gasteiger partial charge in [-0.05, 0) is 30.5 Å². The molecule has 2 aromatic rings. The number of rotatable bonds is 2. The Morgan fingerprint density at radius 3 is 2.89 bits per heavy atom. The maximum Gasteiger partial charge on any atom is 0.251 e. The van der Waals surface area contributed by atoms with Gasteiger partial charge in [-0.2, -0.15) is 0 Å². The molecular formula is C15H13NO3. The van der Waals surface area contributed by atoms with Crippen LogP contribution in [0, 0.1) is 0 Å². The first-order valence-electron chi connectivity index (χ1n) is 6.24. The summed E-state index contributed by atoms with van der Waals surface area (Å²) in [5.74, 6) is -0.233. The number of nitrogens with one attached hydrogen (secondary N) is 1. The third kappa shape index (κ3) is 2.17. The summed E-state index contributed by atoms with van der Waals surface area (Å²) in [4.78, 5) is 24.1. The van der Waals surface area contributed by atoms with Crippen LogP contribution in [0.2, 0.25) is 0 Å². The number of carbonyl (C=O) groups excluding carboxylic acids is 2. The van der Waals surface area contributed by atoms with Crippen LogP contribution in [-0.2, 0) is 6.42 Å². The van der Waals surface area contributed by atoms with E-state index in [0.717, 1.165) is 18.4 Å². The molecular weight excluding hydrogens is 242 g/mol. The Morgan fingerprint density at radius 1 is 1.21 bits per heavy atom. The average molecular weight is 255 g/mol. The molecule has 0 spiro atoms. The Hall–Kier alpha value is -2.36. The smallest absolute Gasteiger partial charge is 0.251 e. The number of fused-ring (bicyclic) bond motifs is 1. The van der Waals surface area contributed by atoms with Crippen molar-refractivity contribution in [2.45, 2.75) is 12.8 Å². The average Bonchev–Trinajstić information content (AvgIpc) is 2.90. The summed E-state index contributed by atoms with van der Waals surface area (Å²) in [5.41, 5.74) is 2.61. The Bertz CT molecular complexity index is 629. The highest BCUT2D eigenvalue weighted by molar-refractivity contribution is 6.10. The first-order chi connectivity index (χ1) is 9.25. The van der Waals surface area contributed by atoms with Crippen LogP contribution in [0.25, 0.3) is 0 Å². The minimum absolute atomic E-state index is 0.102. The Kier molecular flexibility index (Phi) is 2.91. The molecule has 1 aromatic carbocycles. The highest BCUT2D eigenvalue weighted by Crippen LogP contribution is 2.19. The van der Waals surface area contributed by atoms with Crippen molar-refractivity contribution in [1.29, 1.82) is 0 Å². The lowest BCUT2D eigenvalue weighted by Crippen LogP contribution is -2.22. The van der Waals surface area contributed by atoms with Crippen LogP contribution < -0.4 is 5.32 Å². The molecule has 1 aromatic heterocycles. The summed E-state index contributed by atoms with van der Waals surface area (Å²) in [5, 5.41) is 2.83. The number of benzene rings is 1. The summed E-state index contributed by atoms with van der Waals surface area (Å²) < 4.78 is 4.91. The molecule has 0 unspecified atom stereocenters. The quantitative estimate of drug-likeness (QED) is 0.837. The number of furan rings is 1. The van der Waals surface area contributed by atoms with E-state index in [1.807, 2.05) is 6.07 Å². The molecule has 4 nitrogen and oxygen atoms in total. The molecule has 1 aliphatic rings. The second-order valence-electron chi connectivity index (χ2n) is 4.57. The van der Waals surface area contributed by atoms with Gasteiger partial charge in [0.25, 0.3) is 5.91 Å². The number of aryl methyl sites for hydroxylation is 1. The molecule has 0 bridgehead atoms. The molecule has 1 N–H and O–H groups in total. The van der Waals surface area contributed by atoms with Crippen molar-refractivity contribution >= 4 is 11.7 Å². The topological polar surface area (TPSA) is 59.3 Å². The predicted octanol–water partition coefficient (Wildman–Crippen LogP) is 2.19. The van der Waals surface area contributed by atoms with E-state index in [9.17, 15) is 9.59 Å². The predicted molar refractivity (Wildman–Crippen MR) is 69.2 cm³/mol. The molecule has 0 saturated heterocycles. The minimum atomic E-state index is -0.131. The van der Waals surface area contributed by atoms with Crippen molar-refractivity contribution in [1.82, 2.24) is 5.32 Å². The van der Waals surface area contributed by atoms with Gasteiger partial charge < -0.3 is 9.73 Å². The van der Waals surface area contributed by atoms with E-state index in [0.29, 0.717) is 23.2 Å². The van der Waals surface area contributed by atoms with Gasteiger partial charge in [0.05, 0.1) is 11.8 Å². The maximum atomic E-state index is 12.2. The monoisotopic (exact) mass is 255 g/mol. The fourth-order valence-corrected chi connectivity index (χ4v) is 2.28. The SMILES string of the molecule is O=C(c1ccoc1)c1ccc2c(c1)C(=O)NCCC2. The van der Waals surface area contributed by atoms with E-state index in [1.165, 1.54) is 12.5 Å². The molecule has 4 heteroatoms. The normalized spacial score (nSPS) is 14.4. The standard InChI is InChI=1S/C15H13NO3/c17-14(12-5-7-19-9-12)11-4-3-10-2-1-6-16-15(18)13(10)8-11/h3-5,7-9H,1-2,6H2,(H,16,18). The molecule has 19 heavy (non-hydrogen) atoms. The van der Waals surface area contributed by atoms with Crippen molar-refractivity contribution < 1.29 is 14.0 Å². The molecule has 0 saturated carbocycles. The summed E-state index contributed by atoms with van der Waals surface area (Å²) in [6.45, 7) is 0.679. The molecule has 0 aliphatic carbocycles.